The van der Waals surface area contributed by atoms with Crippen LogP contribution in [0.25, 0.3) is 0 Å². The summed E-state index contributed by atoms with van der Waals surface area (Å²) in [5.74, 6) is 1.08. The summed E-state index contributed by atoms with van der Waals surface area (Å²) in [4.78, 5) is 17.8. The van der Waals surface area contributed by atoms with E-state index in [2.05, 4.69) is 15.6 Å². The zero-order chi connectivity index (χ0) is 12.6. The number of anilines is 1. The van der Waals surface area contributed by atoms with Gasteiger partial charge in [-0.15, -0.1) is 0 Å². The second-order valence-corrected chi connectivity index (χ2v) is 4.41. The Labute approximate surface area is 108 Å². The number of amides is 1. The highest BCUT2D eigenvalue weighted by atomic mass is 16.2. The van der Waals surface area contributed by atoms with Gasteiger partial charge in [-0.05, 0) is 25.0 Å². The molecule has 0 unspecified atom stereocenters. The Morgan fingerprint density at radius 1 is 1.28 bits per heavy atom. The molecule has 0 saturated carbocycles. The number of carbonyl (C=O) groups is 1. The molecule has 1 aromatic heterocycles. The van der Waals surface area contributed by atoms with E-state index in [4.69, 9.17) is 0 Å². The van der Waals surface area contributed by atoms with Crippen molar-refractivity contribution in [3.05, 3.63) is 24.4 Å². The predicted octanol–water partition coefficient (Wildman–Crippen LogP) is 0.705. The largest absolute Gasteiger partial charge is 0.369 e. The number of nitrogens with one attached hydrogen (secondary N) is 2. The van der Waals surface area contributed by atoms with Crippen LogP contribution in [0.15, 0.2) is 24.4 Å². The number of nitrogens with zero attached hydrogens (tertiary/aromatic N) is 2. The fourth-order valence-corrected chi connectivity index (χ4v) is 2.02. The molecule has 0 spiro atoms. The van der Waals surface area contributed by atoms with Gasteiger partial charge in [0.2, 0.25) is 5.91 Å². The molecular formula is C13H20N4O. The zero-order valence-corrected chi connectivity index (χ0v) is 10.6. The fraction of sp³-hybridized carbons (Fsp3) is 0.538. The number of pyridine rings is 1. The van der Waals surface area contributed by atoms with E-state index in [0.29, 0.717) is 6.54 Å². The summed E-state index contributed by atoms with van der Waals surface area (Å²) in [6.45, 7) is 3.81. The molecule has 0 aromatic carbocycles. The van der Waals surface area contributed by atoms with Crippen LogP contribution in [0.4, 0.5) is 5.82 Å². The van der Waals surface area contributed by atoms with Crippen molar-refractivity contribution in [3.8, 4) is 0 Å². The highest BCUT2D eigenvalue weighted by molar-refractivity contribution is 5.78. The Kier molecular flexibility index (Phi) is 4.96. The van der Waals surface area contributed by atoms with Crippen LogP contribution in [0, 0.1) is 0 Å². The Balaban J connectivity index is 1.54. The Bertz CT molecular complexity index is 363. The van der Waals surface area contributed by atoms with Crippen LogP contribution in [0.5, 0.6) is 0 Å². The molecule has 1 aromatic rings. The average molecular weight is 248 g/mol. The van der Waals surface area contributed by atoms with E-state index in [-0.39, 0.29) is 5.91 Å². The van der Waals surface area contributed by atoms with Crippen LogP contribution in [-0.2, 0) is 4.79 Å². The molecule has 5 nitrogen and oxygen atoms in total. The number of likely N-dealkylation sites (tertiary alicyclic amines) is 1. The molecule has 1 fully saturated rings. The van der Waals surface area contributed by atoms with Crippen molar-refractivity contribution in [1.29, 1.82) is 0 Å². The molecule has 1 aliphatic heterocycles. The quantitative estimate of drug-likeness (QED) is 0.728. The molecule has 0 atom stereocenters. The van der Waals surface area contributed by atoms with Gasteiger partial charge in [-0.25, -0.2) is 4.98 Å². The van der Waals surface area contributed by atoms with Crippen LogP contribution in [0.3, 0.4) is 0 Å². The number of carbonyl (C=O) groups excluding carboxylic acids is 1. The van der Waals surface area contributed by atoms with Gasteiger partial charge in [0.05, 0.1) is 6.54 Å². The van der Waals surface area contributed by atoms with Gasteiger partial charge in [-0.2, -0.15) is 0 Å². The van der Waals surface area contributed by atoms with Crippen LogP contribution >= 0.6 is 0 Å². The van der Waals surface area contributed by atoms with E-state index in [1.165, 1.54) is 0 Å². The minimum absolute atomic E-state index is 0.213. The van der Waals surface area contributed by atoms with Crippen molar-refractivity contribution < 1.29 is 4.79 Å². The second kappa shape index (κ2) is 6.96. The minimum atomic E-state index is 0.213. The van der Waals surface area contributed by atoms with Crippen molar-refractivity contribution in [2.24, 2.45) is 0 Å². The van der Waals surface area contributed by atoms with Gasteiger partial charge in [0.1, 0.15) is 5.82 Å². The summed E-state index contributed by atoms with van der Waals surface area (Å²) in [7, 11) is 0. The van der Waals surface area contributed by atoms with Gasteiger partial charge in [0.25, 0.3) is 0 Å². The Morgan fingerprint density at radius 3 is 2.83 bits per heavy atom. The molecule has 1 aliphatic rings. The molecule has 2 rings (SSSR count). The maximum absolute atomic E-state index is 11.7. The van der Waals surface area contributed by atoms with Gasteiger partial charge in [0, 0.05) is 32.4 Å². The van der Waals surface area contributed by atoms with E-state index >= 15 is 0 Å². The third kappa shape index (κ3) is 4.00. The summed E-state index contributed by atoms with van der Waals surface area (Å²) >= 11 is 0. The van der Waals surface area contributed by atoms with E-state index in [1.54, 1.807) is 6.20 Å². The van der Waals surface area contributed by atoms with Crippen molar-refractivity contribution in [2.45, 2.75) is 12.8 Å². The lowest BCUT2D eigenvalue weighted by Gasteiger charge is -2.15. The third-order valence-electron chi connectivity index (χ3n) is 3.01. The van der Waals surface area contributed by atoms with Crippen LogP contribution in [0.2, 0.25) is 0 Å². The van der Waals surface area contributed by atoms with Gasteiger partial charge in [-0.1, -0.05) is 6.07 Å². The van der Waals surface area contributed by atoms with E-state index < -0.39 is 0 Å². The van der Waals surface area contributed by atoms with Crippen molar-refractivity contribution in [2.75, 3.05) is 38.0 Å². The summed E-state index contributed by atoms with van der Waals surface area (Å²) in [5.41, 5.74) is 0. The number of hydrogen-bond acceptors (Lipinski definition) is 4. The monoisotopic (exact) mass is 248 g/mol. The van der Waals surface area contributed by atoms with Gasteiger partial charge in [0.15, 0.2) is 0 Å². The molecule has 1 amide bonds. The standard InChI is InChI=1S/C13H20N4O/c18-13(17-9-3-4-10-17)11-14-7-8-16-12-5-1-2-6-15-12/h1-2,5-6,14H,3-4,7-11H2,(H,15,16). The summed E-state index contributed by atoms with van der Waals surface area (Å²) in [5, 5.41) is 6.34. The molecule has 2 N–H and O–H groups in total. The molecule has 18 heavy (non-hydrogen) atoms. The van der Waals surface area contributed by atoms with E-state index in [0.717, 1.165) is 44.8 Å². The Hall–Kier alpha value is -1.62. The number of rotatable bonds is 6. The van der Waals surface area contributed by atoms with Crippen molar-refractivity contribution in [1.82, 2.24) is 15.2 Å². The molecule has 0 radical (unpaired) electrons. The normalized spacial score (nSPS) is 14.8. The first kappa shape index (κ1) is 12.8. The van der Waals surface area contributed by atoms with Gasteiger partial charge in [-0.3, -0.25) is 4.79 Å². The molecule has 0 aliphatic carbocycles. The second-order valence-electron chi connectivity index (χ2n) is 4.41. The number of hydrogen-bond donors (Lipinski definition) is 2. The molecular weight excluding hydrogens is 228 g/mol. The van der Waals surface area contributed by atoms with Crippen molar-refractivity contribution >= 4 is 11.7 Å². The number of aromatic nitrogens is 1. The van der Waals surface area contributed by atoms with Crippen LogP contribution in [-0.4, -0.2) is 48.5 Å². The maximum Gasteiger partial charge on any atom is 0.236 e. The minimum Gasteiger partial charge on any atom is -0.369 e. The molecule has 0 bridgehead atoms. The molecule has 1 saturated heterocycles. The van der Waals surface area contributed by atoms with Crippen LogP contribution in [0.1, 0.15) is 12.8 Å². The van der Waals surface area contributed by atoms with Gasteiger partial charge < -0.3 is 15.5 Å². The fourth-order valence-electron chi connectivity index (χ4n) is 2.02. The van der Waals surface area contributed by atoms with Crippen LogP contribution < -0.4 is 10.6 Å². The van der Waals surface area contributed by atoms with Gasteiger partial charge >= 0.3 is 0 Å². The SMILES string of the molecule is O=C(CNCCNc1ccccn1)N1CCCC1. The zero-order valence-electron chi connectivity index (χ0n) is 10.6. The summed E-state index contributed by atoms with van der Waals surface area (Å²) in [6.07, 6.45) is 4.05. The highest BCUT2D eigenvalue weighted by Crippen LogP contribution is 2.06. The molecule has 2 heterocycles. The van der Waals surface area contributed by atoms with E-state index in [1.807, 2.05) is 23.1 Å². The highest BCUT2D eigenvalue weighted by Gasteiger charge is 2.16. The molecule has 98 valence electrons. The lowest BCUT2D eigenvalue weighted by molar-refractivity contribution is -0.129. The summed E-state index contributed by atoms with van der Waals surface area (Å²) in [6, 6.07) is 5.76. The lowest BCUT2D eigenvalue weighted by atomic mass is 10.4. The first-order valence-corrected chi connectivity index (χ1v) is 6.49. The maximum atomic E-state index is 11.7. The lowest BCUT2D eigenvalue weighted by Crippen LogP contribution is -2.37. The predicted molar refractivity (Wildman–Crippen MR) is 71.4 cm³/mol. The van der Waals surface area contributed by atoms with Crippen molar-refractivity contribution in [3.63, 3.8) is 0 Å². The Morgan fingerprint density at radius 2 is 2.11 bits per heavy atom. The third-order valence-corrected chi connectivity index (χ3v) is 3.01. The first-order chi connectivity index (χ1) is 8.86. The first-order valence-electron chi connectivity index (χ1n) is 6.49. The average Bonchev–Trinajstić information content (AvgIpc) is 2.93. The molecule has 5 heteroatoms. The van der Waals surface area contributed by atoms with E-state index in [9.17, 15) is 4.79 Å². The smallest absolute Gasteiger partial charge is 0.236 e. The topological polar surface area (TPSA) is 57.3 Å². The summed E-state index contributed by atoms with van der Waals surface area (Å²) < 4.78 is 0.